The van der Waals surface area contributed by atoms with Gasteiger partial charge in [0, 0.05) is 26.4 Å². The number of methoxy groups -OCH3 is 1. The molecule has 25 heavy (non-hydrogen) atoms. The highest BCUT2D eigenvalue weighted by Crippen LogP contribution is 2.36. The maximum Gasteiger partial charge on any atom is 0.119 e. The van der Waals surface area contributed by atoms with Crippen LogP contribution in [0.2, 0.25) is 0 Å². The average Bonchev–Trinajstić information content (AvgIpc) is 2.95. The molecule has 1 aromatic heterocycles. The van der Waals surface area contributed by atoms with Gasteiger partial charge in [-0.2, -0.15) is 0 Å². The lowest BCUT2D eigenvalue weighted by atomic mass is 10.0. The van der Waals surface area contributed by atoms with Crippen molar-refractivity contribution in [3.05, 3.63) is 74.9 Å². The first-order valence-electron chi connectivity index (χ1n) is 8.39. The quantitative estimate of drug-likeness (QED) is 0.352. The molecular weight excluding hydrogens is 421 g/mol. The molecule has 0 saturated heterocycles. The predicted molar refractivity (Wildman–Crippen MR) is 114 cm³/mol. The van der Waals surface area contributed by atoms with E-state index in [2.05, 4.69) is 95.6 Å². The normalized spacial score (nSPS) is 11.4. The Labute approximate surface area is 161 Å². The summed E-state index contributed by atoms with van der Waals surface area (Å²) in [6.07, 6.45) is 0. The number of nitrogens with zero attached hydrogens (tertiary/aromatic N) is 1. The first-order valence-corrected chi connectivity index (χ1v) is 9.47. The summed E-state index contributed by atoms with van der Waals surface area (Å²) in [6.45, 7) is 5.26. The standard InChI is InChI=1S/C22H20INO/c1-14-8-9-15(2)22-21(14)18-12-17(25-3)10-11-20(18)24(22)13-16-6-4-5-7-19(16)23/h4-12H,13H2,1-3H3. The number of benzene rings is 3. The number of rotatable bonds is 3. The number of aryl methyl sites for hydroxylation is 2. The van der Waals surface area contributed by atoms with Gasteiger partial charge in [-0.1, -0.05) is 30.3 Å². The third kappa shape index (κ3) is 2.71. The summed E-state index contributed by atoms with van der Waals surface area (Å²) in [5.74, 6) is 0.904. The fourth-order valence-corrected chi connectivity index (χ4v) is 4.20. The van der Waals surface area contributed by atoms with Gasteiger partial charge in [0.1, 0.15) is 5.75 Å². The summed E-state index contributed by atoms with van der Waals surface area (Å²) >= 11 is 2.43. The average molecular weight is 441 g/mol. The van der Waals surface area contributed by atoms with Gasteiger partial charge in [0.2, 0.25) is 0 Å². The zero-order chi connectivity index (χ0) is 17.6. The van der Waals surface area contributed by atoms with E-state index in [9.17, 15) is 0 Å². The summed E-state index contributed by atoms with van der Waals surface area (Å²) in [7, 11) is 1.73. The SMILES string of the molecule is COc1ccc2c(c1)c1c(C)ccc(C)c1n2Cc1ccccc1I. The molecule has 0 radical (unpaired) electrons. The van der Waals surface area contributed by atoms with Crippen molar-refractivity contribution in [2.24, 2.45) is 0 Å². The van der Waals surface area contributed by atoms with Gasteiger partial charge >= 0.3 is 0 Å². The van der Waals surface area contributed by atoms with Gasteiger partial charge in [0.25, 0.3) is 0 Å². The zero-order valence-corrected chi connectivity index (χ0v) is 16.8. The zero-order valence-electron chi connectivity index (χ0n) is 14.6. The lowest BCUT2D eigenvalue weighted by molar-refractivity contribution is 0.415. The predicted octanol–water partition coefficient (Wildman–Crippen LogP) is 6.07. The fourth-order valence-electron chi connectivity index (χ4n) is 3.64. The smallest absolute Gasteiger partial charge is 0.119 e. The van der Waals surface area contributed by atoms with Crippen LogP contribution in [0.5, 0.6) is 5.75 Å². The van der Waals surface area contributed by atoms with E-state index >= 15 is 0 Å². The third-order valence-corrected chi connectivity index (χ3v) is 5.96. The van der Waals surface area contributed by atoms with E-state index in [1.807, 2.05) is 0 Å². The second-order valence-electron chi connectivity index (χ2n) is 6.48. The summed E-state index contributed by atoms with van der Waals surface area (Å²) in [5.41, 5.74) is 6.54. The van der Waals surface area contributed by atoms with E-state index in [0.29, 0.717) is 0 Å². The van der Waals surface area contributed by atoms with Crippen molar-refractivity contribution in [2.45, 2.75) is 20.4 Å². The van der Waals surface area contributed by atoms with Crippen LogP contribution in [0, 0.1) is 17.4 Å². The van der Waals surface area contributed by atoms with E-state index < -0.39 is 0 Å². The Balaban J connectivity index is 2.08. The monoisotopic (exact) mass is 441 g/mol. The second kappa shape index (κ2) is 6.37. The molecule has 0 aliphatic rings. The first kappa shape index (κ1) is 16.5. The summed E-state index contributed by atoms with van der Waals surface area (Å²) in [5, 5.41) is 2.60. The molecule has 0 aliphatic heterocycles. The number of hydrogen-bond donors (Lipinski definition) is 0. The molecule has 2 nitrogen and oxygen atoms in total. The Hall–Kier alpha value is -2.01. The molecular formula is C22H20INO. The van der Waals surface area contributed by atoms with Crippen LogP contribution < -0.4 is 4.74 Å². The van der Waals surface area contributed by atoms with E-state index in [-0.39, 0.29) is 0 Å². The van der Waals surface area contributed by atoms with Crippen LogP contribution in [0.15, 0.2) is 54.6 Å². The molecule has 0 aliphatic carbocycles. The van der Waals surface area contributed by atoms with Crippen molar-refractivity contribution >= 4 is 44.4 Å². The van der Waals surface area contributed by atoms with Crippen molar-refractivity contribution in [1.82, 2.24) is 4.57 Å². The molecule has 0 amide bonds. The fraction of sp³-hybridized carbons (Fsp3) is 0.182. The van der Waals surface area contributed by atoms with E-state index in [1.165, 1.54) is 42.1 Å². The minimum Gasteiger partial charge on any atom is -0.497 e. The van der Waals surface area contributed by atoms with Crippen LogP contribution in [-0.4, -0.2) is 11.7 Å². The van der Waals surface area contributed by atoms with Gasteiger partial charge in [0.15, 0.2) is 0 Å². The number of hydrogen-bond acceptors (Lipinski definition) is 1. The van der Waals surface area contributed by atoms with Crippen LogP contribution in [0.4, 0.5) is 0 Å². The van der Waals surface area contributed by atoms with Crippen LogP contribution in [0.1, 0.15) is 16.7 Å². The Bertz CT molecular complexity index is 1090. The highest BCUT2D eigenvalue weighted by molar-refractivity contribution is 14.1. The van der Waals surface area contributed by atoms with Gasteiger partial charge in [-0.05, 0) is 77.4 Å². The largest absolute Gasteiger partial charge is 0.497 e. The van der Waals surface area contributed by atoms with Gasteiger partial charge < -0.3 is 9.30 Å². The molecule has 0 bridgehead atoms. The lowest BCUT2D eigenvalue weighted by Gasteiger charge is -2.11. The second-order valence-corrected chi connectivity index (χ2v) is 7.65. The molecule has 0 N–H and O–H groups in total. The molecule has 126 valence electrons. The maximum atomic E-state index is 5.48. The highest BCUT2D eigenvalue weighted by Gasteiger charge is 2.16. The molecule has 0 atom stereocenters. The highest BCUT2D eigenvalue weighted by atomic mass is 127. The molecule has 3 aromatic carbocycles. The van der Waals surface area contributed by atoms with Crippen molar-refractivity contribution in [1.29, 1.82) is 0 Å². The molecule has 1 heterocycles. The number of halogens is 1. The van der Waals surface area contributed by atoms with Gasteiger partial charge in [-0.25, -0.2) is 0 Å². The van der Waals surface area contributed by atoms with Crippen LogP contribution >= 0.6 is 22.6 Å². The third-order valence-electron chi connectivity index (χ3n) is 4.91. The molecule has 3 heteroatoms. The Morgan fingerprint density at radius 1 is 0.960 bits per heavy atom. The van der Waals surface area contributed by atoms with Crippen LogP contribution in [0.25, 0.3) is 21.8 Å². The Morgan fingerprint density at radius 3 is 2.48 bits per heavy atom. The summed E-state index contributed by atoms with van der Waals surface area (Å²) in [4.78, 5) is 0. The molecule has 0 spiro atoms. The van der Waals surface area contributed by atoms with E-state index in [4.69, 9.17) is 4.74 Å². The topological polar surface area (TPSA) is 14.2 Å². The molecule has 0 unspecified atom stereocenters. The minimum atomic E-state index is 0.871. The van der Waals surface area contributed by atoms with Crippen molar-refractivity contribution in [3.8, 4) is 5.75 Å². The van der Waals surface area contributed by atoms with Crippen molar-refractivity contribution in [2.75, 3.05) is 7.11 Å². The van der Waals surface area contributed by atoms with Crippen LogP contribution in [-0.2, 0) is 6.54 Å². The van der Waals surface area contributed by atoms with E-state index in [1.54, 1.807) is 7.11 Å². The van der Waals surface area contributed by atoms with Crippen LogP contribution in [0.3, 0.4) is 0 Å². The van der Waals surface area contributed by atoms with Crippen molar-refractivity contribution < 1.29 is 4.74 Å². The van der Waals surface area contributed by atoms with Gasteiger partial charge in [-0.3, -0.25) is 0 Å². The number of aromatic nitrogens is 1. The molecule has 4 aromatic rings. The number of fused-ring (bicyclic) bond motifs is 3. The Kier molecular flexibility index (Phi) is 4.20. The first-order chi connectivity index (χ1) is 12.1. The van der Waals surface area contributed by atoms with Gasteiger partial charge in [0.05, 0.1) is 12.6 Å². The minimum absolute atomic E-state index is 0.871. The van der Waals surface area contributed by atoms with Gasteiger partial charge in [-0.15, -0.1) is 0 Å². The Morgan fingerprint density at radius 2 is 1.72 bits per heavy atom. The maximum absolute atomic E-state index is 5.48. The summed E-state index contributed by atoms with van der Waals surface area (Å²) < 4.78 is 9.23. The lowest BCUT2D eigenvalue weighted by Crippen LogP contribution is -2.02. The van der Waals surface area contributed by atoms with E-state index in [0.717, 1.165) is 12.3 Å². The number of ether oxygens (including phenoxy) is 1. The molecule has 0 saturated carbocycles. The summed E-state index contributed by atoms with van der Waals surface area (Å²) in [6, 6.07) is 19.4. The van der Waals surface area contributed by atoms with Crippen molar-refractivity contribution in [3.63, 3.8) is 0 Å². The molecule has 4 rings (SSSR count). The molecule has 0 fully saturated rings.